The van der Waals surface area contributed by atoms with E-state index in [2.05, 4.69) is 21.7 Å². The molecule has 2 heterocycles. The molecule has 7 nitrogen and oxygen atoms in total. The normalized spacial score (nSPS) is 15.6. The Morgan fingerprint density at radius 1 is 0.884 bits per heavy atom. The second-order valence-electron chi connectivity index (χ2n) is 10.6. The number of nitrogens with one attached hydrogen (secondary N) is 2. The summed E-state index contributed by atoms with van der Waals surface area (Å²) < 4.78 is 27.1. The van der Waals surface area contributed by atoms with E-state index in [0.29, 0.717) is 18.7 Å². The van der Waals surface area contributed by atoms with Crippen LogP contribution in [0.1, 0.15) is 40.9 Å². The van der Waals surface area contributed by atoms with Crippen LogP contribution >= 0.6 is 0 Å². The van der Waals surface area contributed by atoms with Crippen LogP contribution in [-0.4, -0.2) is 40.2 Å². The zero-order chi connectivity index (χ0) is 30.3. The maximum atomic E-state index is 14.3. The van der Waals surface area contributed by atoms with Crippen molar-refractivity contribution in [3.63, 3.8) is 0 Å². The zero-order valence-corrected chi connectivity index (χ0v) is 23.7. The zero-order valence-electron chi connectivity index (χ0n) is 23.7. The van der Waals surface area contributed by atoms with E-state index in [-0.39, 0.29) is 24.4 Å². The third kappa shape index (κ3) is 7.12. The number of nitrogens with zero attached hydrogens (tertiary/aromatic N) is 2. The van der Waals surface area contributed by atoms with E-state index >= 15 is 0 Å². The topological polar surface area (TPSA) is 91.4 Å². The average molecular weight is 583 g/mol. The van der Waals surface area contributed by atoms with Crippen LogP contribution in [0.4, 0.5) is 8.78 Å². The number of carbonyl (C=O) groups excluding carboxylic acids is 3. The SMILES string of the molecule is CC(C(=O)NCc1cc(F)cc(F)c1)C(=O)NC(Cc1ccccc1)C(=O)N1CCc2ccccc2C1c1ccccn1. The largest absolute Gasteiger partial charge is 0.351 e. The Morgan fingerprint density at radius 3 is 2.30 bits per heavy atom. The number of hydrogen-bond donors (Lipinski definition) is 2. The predicted octanol–water partition coefficient (Wildman–Crippen LogP) is 4.51. The summed E-state index contributed by atoms with van der Waals surface area (Å²) in [6.45, 7) is 1.70. The molecule has 1 aliphatic heterocycles. The molecule has 3 unspecified atom stereocenters. The molecule has 1 aliphatic rings. The lowest BCUT2D eigenvalue weighted by atomic mass is 9.89. The highest BCUT2D eigenvalue weighted by Gasteiger charge is 2.37. The molecule has 3 atom stereocenters. The van der Waals surface area contributed by atoms with Gasteiger partial charge in [0, 0.05) is 31.8 Å². The molecule has 4 aromatic rings. The Bertz CT molecular complexity index is 1580. The number of amides is 3. The van der Waals surface area contributed by atoms with Crippen molar-refractivity contribution in [2.75, 3.05) is 6.54 Å². The van der Waals surface area contributed by atoms with Gasteiger partial charge in [-0.05, 0) is 59.9 Å². The predicted molar refractivity (Wildman–Crippen MR) is 157 cm³/mol. The van der Waals surface area contributed by atoms with Gasteiger partial charge in [-0.3, -0.25) is 19.4 Å². The monoisotopic (exact) mass is 582 g/mol. The molecule has 0 saturated heterocycles. The summed E-state index contributed by atoms with van der Waals surface area (Å²) in [6.07, 6.45) is 2.56. The van der Waals surface area contributed by atoms with Crippen LogP contribution in [0.2, 0.25) is 0 Å². The van der Waals surface area contributed by atoms with Crippen LogP contribution in [0, 0.1) is 17.6 Å². The Balaban J connectivity index is 1.37. The number of hydrogen-bond acceptors (Lipinski definition) is 4. The van der Waals surface area contributed by atoms with Gasteiger partial charge in [-0.25, -0.2) is 8.78 Å². The van der Waals surface area contributed by atoms with Crippen molar-refractivity contribution in [3.8, 4) is 0 Å². The van der Waals surface area contributed by atoms with Gasteiger partial charge < -0.3 is 15.5 Å². The van der Waals surface area contributed by atoms with Crippen molar-refractivity contribution in [2.45, 2.75) is 38.4 Å². The molecule has 1 aromatic heterocycles. The standard InChI is InChI=1S/C34H32F2N4O3/c1-22(32(41)38-21-24-17-26(35)20-27(36)18-24)33(42)39-30(19-23-9-3-2-4-10-23)34(43)40-16-14-25-11-5-6-12-28(25)31(40)29-13-7-8-15-37-29/h2-13,15,17-18,20,22,30-31H,14,16,19,21H2,1H3,(H,38,41)(H,39,42). The highest BCUT2D eigenvalue weighted by atomic mass is 19.1. The molecular formula is C34H32F2N4O3. The van der Waals surface area contributed by atoms with Gasteiger partial charge in [0.1, 0.15) is 23.6 Å². The number of carbonyl (C=O) groups is 3. The fourth-order valence-corrected chi connectivity index (χ4v) is 5.38. The first kappa shape index (κ1) is 29.6. The molecule has 2 N–H and O–H groups in total. The molecule has 0 bridgehead atoms. The van der Waals surface area contributed by atoms with E-state index < -0.39 is 41.5 Å². The molecule has 0 fully saturated rings. The van der Waals surface area contributed by atoms with Crippen molar-refractivity contribution in [1.29, 1.82) is 0 Å². The first-order valence-electron chi connectivity index (χ1n) is 14.2. The molecule has 220 valence electrons. The molecule has 0 radical (unpaired) electrons. The maximum absolute atomic E-state index is 14.3. The third-order valence-corrected chi connectivity index (χ3v) is 7.61. The van der Waals surface area contributed by atoms with Crippen LogP contribution in [0.25, 0.3) is 0 Å². The summed E-state index contributed by atoms with van der Waals surface area (Å²) in [6, 6.07) is 24.4. The average Bonchev–Trinajstić information content (AvgIpc) is 3.02. The lowest BCUT2D eigenvalue weighted by Gasteiger charge is -2.39. The van der Waals surface area contributed by atoms with Gasteiger partial charge in [0.2, 0.25) is 17.7 Å². The van der Waals surface area contributed by atoms with Crippen LogP contribution in [-0.2, 0) is 33.8 Å². The van der Waals surface area contributed by atoms with Crippen LogP contribution < -0.4 is 10.6 Å². The molecule has 43 heavy (non-hydrogen) atoms. The van der Waals surface area contributed by atoms with Gasteiger partial charge in [0.05, 0.1) is 11.7 Å². The Kier molecular flexibility index (Phi) is 9.20. The number of aromatic nitrogens is 1. The minimum Gasteiger partial charge on any atom is -0.351 e. The molecule has 5 rings (SSSR count). The highest BCUT2D eigenvalue weighted by molar-refractivity contribution is 6.01. The molecule has 3 aromatic carbocycles. The van der Waals surface area contributed by atoms with E-state index in [0.717, 1.165) is 34.9 Å². The number of rotatable bonds is 9. The number of halogens is 2. The lowest BCUT2D eigenvalue weighted by molar-refractivity contribution is -0.141. The summed E-state index contributed by atoms with van der Waals surface area (Å²) in [4.78, 5) is 46.8. The summed E-state index contributed by atoms with van der Waals surface area (Å²) in [5, 5.41) is 5.38. The van der Waals surface area contributed by atoms with E-state index in [1.54, 1.807) is 11.1 Å². The maximum Gasteiger partial charge on any atom is 0.246 e. The van der Waals surface area contributed by atoms with E-state index in [1.807, 2.05) is 66.7 Å². The van der Waals surface area contributed by atoms with E-state index in [9.17, 15) is 23.2 Å². The first-order chi connectivity index (χ1) is 20.8. The summed E-state index contributed by atoms with van der Waals surface area (Å²) in [5.41, 5.74) is 3.90. The minimum atomic E-state index is -1.17. The summed E-state index contributed by atoms with van der Waals surface area (Å²) in [5.74, 6) is -4.25. The summed E-state index contributed by atoms with van der Waals surface area (Å²) in [7, 11) is 0. The van der Waals surface area contributed by atoms with Crippen LogP contribution in [0.5, 0.6) is 0 Å². The quantitative estimate of drug-likeness (QED) is 0.284. The molecule has 3 amide bonds. The minimum absolute atomic E-state index is 0.156. The fourth-order valence-electron chi connectivity index (χ4n) is 5.38. The van der Waals surface area contributed by atoms with Crippen molar-refractivity contribution in [1.82, 2.24) is 20.5 Å². The van der Waals surface area contributed by atoms with Gasteiger partial charge in [0.15, 0.2) is 0 Å². The van der Waals surface area contributed by atoms with Gasteiger partial charge in [-0.15, -0.1) is 0 Å². The van der Waals surface area contributed by atoms with Crippen LogP contribution in [0.15, 0.2) is 97.2 Å². The molecule has 0 aliphatic carbocycles. The molecule has 0 spiro atoms. The Morgan fingerprint density at radius 2 is 1.58 bits per heavy atom. The van der Waals surface area contributed by atoms with E-state index in [4.69, 9.17) is 0 Å². The highest BCUT2D eigenvalue weighted by Crippen LogP contribution is 2.34. The number of fused-ring (bicyclic) bond motifs is 1. The smallest absolute Gasteiger partial charge is 0.246 e. The van der Waals surface area contributed by atoms with Gasteiger partial charge >= 0.3 is 0 Å². The van der Waals surface area contributed by atoms with Crippen molar-refractivity contribution in [3.05, 3.63) is 137 Å². The molecular weight excluding hydrogens is 550 g/mol. The number of benzene rings is 3. The third-order valence-electron chi connectivity index (χ3n) is 7.61. The second kappa shape index (κ2) is 13.4. The number of pyridine rings is 1. The van der Waals surface area contributed by atoms with Crippen molar-refractivity contribution < 1.29 is 23.2 Å². The molecule has 0 saturated carbocycles. The van der Waals surface area contributed by atoms with Crippen molar-refractivity contribution in [2.24, 2.45) is 5.92 Å². The Hall–Kier alpha value is -4.92. The first-order valence-corrected chi connectivity index (χ1v) is 14.2. The lowest BCUT2D eigenvalue weighted by Crippen LogP contribution is -2.54. The summed E-state index contributed by atoms with van der Waals surface area (Å²) >= 11 is 0. The van der Waals surface area contributed by atoms with E-state index in [1.165, 1.54) is 6.92 Å². The van der Waals surface area contributed by atoms with Crippen molar-refractivity contribution >= 4 is 17.7 Å². The fraction of sp³-hybridized carbons (Fsp3) is 0.235. The van der Waals surface area contributed by atoms with Gasteiger partial charge in [-0.1, -0.05) is 60.7 Å². The Labute approximate surface area is 249 Å². The molecule has 9 heteroatoms. The van der Waals surface area contributed by atoms with Crippen LogP contribution in [0.3, 0.4) is 0 Å². The van der Waals surface area contributed by atoms with Gasteiger partial charge in [-0.2, -0.15) is 0 Å². The van der Waals surface area contributed by atoms with Gasteiger partial charge in [0.25, 0.3) is 0 Å². The second-order valence-corrected chi connectivity index (χ2v) is 10.6.